The predicted octanol–water partition coefficient (Wildman–Crippen LogP) is 2.50. The van der Waals surface area contributed by atoms with E-state index in [-0.39, 0.29) is 18.6 Å². The molecule has 0 atom stereocenters. The number of rotatable bonds is 7. The molecule has 2 aromatic heterocycles. The number of tetrazole rings is 1. The summed E-state index contributed by atoms with van der Waals surface area (Å²) in [6.07, 6.45) is 0.784. The molecule has 0 saturated heterocycles. The van der Waals surface area contributed by atoms with Crippen molar-refractivity contribution in [1.29, 1.82) is 0 Å². The van der Waals surface area contributed by atoms with Crippen LogP contribution >= 0.6 is 11.3 Å². The van der Waals surface area contributed by atoms with Crippen molar-refractivity contribution in [2.45, 2.75) is 39.8 Å². The van der Waals surface area contributed by atoms with Crippen LogP contribution in [-0.4, -0.2) is 36.3 Å². The van der Waals surface area contributed by atoms with Gasteiger partial charge in [-0.25, -0.2) is 4.68 Å². The number of hydrogen-bond donors (Lipinski definition) is 1. The number of nitrogens with zero attached hydrogens (tertiary/aromatic N) is 6. The molecule has 0 aliphatic heterocycles. The van der Waals surface area contributed by atoms with Crippen LogP contribution in [0.3, 0.4) is 0 Å². The highest BCUT2D eigenvalue weighted by molar-refractivity contribution is 7.15. The smallest absolute Gasteiger partial charge is 0.257 e. The number of nitrogens with one attached hydrogen (secondary N) is 1. The third-order valence-corrected chi connectivity index (χ3v) is 4.49. The number of aryl methyl sites for hydroxylation is 1. The molecule has 0 spiro atoms. The molecule has 136 valence electrons. The van der Waals surface area contributed by atoms with E-state index in [4.69, 9.17) is 4.74 Å². The number of ether oxygens (including phenoxy) is 1. The highest BCUT2D eigenvalue weighted by Crippen LogP contribution is 2.19. The number of carbonyl (C=O) groups excluding carboxylic acids is 1. The molecule has 3 aromatic rings. The zero-order chi connectivity index (χ0) is 18.5. The molecule has 0 aliphatic rings. The Kier molecular flexibility index (Phi) is 5.52. The molecule has 1 amide bonds. The van der Waals surface area contributed by atoms with Crippen LogP contribution in [0.15, 0.2) is 24.3 Å². The Balaban J connectivity index is 1.65. The van der Waals surface area contributed by atoms with Gasteiger partial charge in [-0.15, -0.1) is 15.3 Å². The number of hydrogen-bond acceptors (Lipinski definition) is 8. The zero-order valence-corrected chi connectivity index (χ0v) is 15.5. The van der Waals surface area contributed by atoms with E-state index in [9.17, 15) is 4.79 Å². The van der Waals surface area contributed by atoms with Crippen molar-refractivity contribution < 1.29 is 9.53 Å². The van der Waals surface area contributed by atoms with E-state index >= 15 is 0 Å². The van der Waals surface area contributed by atoms with E-state index in [0.717, 1.165) is 11.4 Å². The van der Waals surface area contributed by atoms with Crippen LogP contribution in [0.25, 0.3) is 0 Å². The molecule has 0 unspecified atom stereocenters. The fourth-order valence-corrected chi connectivity index (χ4v) is 2.87. The van der Waals surface area contributed by atoms with E-state index in [1.54, 1.807) is 28.9 Å². The molecule has 2 heterocycles. The summed E-state index contributed by atoms with van der Waals surface area (Å²) < 4.78 is 7.43. The van der Waals surface area contributed by atoms with Crippen LogP contribution in [-0.2, 0) is 13.0 Å². The van der Waals surface area contributed by atoms with Crippen molar-refractivity contribution in [2.75, 3.05) is 5.32 Å². The predicted molar refractivity (Wildman–Crippen MR) is 96.2 cm³/mol. The first-order valence-electron chi connectivity index (χ1n) is 8.20. The summed E-state index contributed by atoms with van der Waals surface area (Å²) >= 11 is 1.36. The molecule has 0 aliphatic carbocycles. The summed E-state index contributed by atoms with van der Waals surface area (Å²) in [6, 6.07) is 7.05. The van der Waals surface area contributed by atoms with E-state index in [1.807, 2.05) is 20.8 Å². The van der Waals surface area contributed by atoms with Crippen LogP contribution in [0.5, 0.6) is 5.75 Å². The van der Waals surface area contributed by atoms with Crippen LogP contribution in [0.1, 0.15) is 48.0 Å². The van der Waals surface area contributed by atoms with Crippen molar-refractivity contribution in [2.24, 2.45) is 0 Å². The SMILES string of the molecule is CCc1nnc(NC(=O)c2cccc(OCc3nnnn3C(C)C)c2)s1. The van der Waals surface area contributed by atoms with Gasteiger partial charge in [0.1, 0.15) is 17.4 Å². The van der Waals surface area contributed by atoms with E-state index in [2.05, 4.69) is 31.0 Å². The molecule has 0 fully saturated rings. The molecule has 1 aromatic carbocycles. The lowest BCUT2D eigenvalue weighted by Gasteiger charge is -2.10. The molecule has 10 heteroatoms. The van der Waals surface area contributed by atoms with E-state index in [1.165, 1.54) is 11.3 Å². The van der Waals surface area contributed by atoms with Crippen LogP contribution < -0.4 is 10.1 Å². The molecule has 0 radical (unpaired) electrons. The lowest BCUT2D eigenvalue weighted by atomic mass is 10.2. The number of amides is 1. The third-order valence-electron chi connectivity index (χ3n) is 3.50. The lowest BCUT2D eigenvalue weighted by molar-refractivity contribution is 0.102. The topological polar surface area (TPSA) is 108 Å². The van der Waals surface area contributed by atoms with Crippen molar-refractivity contribution >= 4 is 22.4 Å². The maximum atomic E-state index is 12.4. The summed E-state index contributed by atoms with van der Waals surface area (Å²) in [7, 11) is 0. The minimum absolute atomic E-state index is 0.139. The van der Waals surface area contributed by atoms with E-state index < -0.39 is 0 Å². The van der Waals surface area contributed by atoms with Gasteiger partial charge in [0, 0.05) is 5.56 Å². The third kappa shape index (κ3) is 4.20. The van der Waals surface area contributed by atoms with Crippen LogP contribution in [0.4, 0.5) is 5.13 Å². The lowest BCUT2D eigenvalue weighted by Crippen LogP contribution is -2.12. The second kappa shape index (κ2) is 8.00. The standard InChI is InChI=1S/C16H19N7O2S/c1-4-14-19-20-16(26-14)17-15(24)11-6-5-7-12(8-11)25-9-13-18-21-22-23(13)10(2)3/h5-8,10H,4,9H2,1-3H3,(H,17,20,24). The van der Waals surface area contributed by atoms with Gasteiger partial charge < -0.3 is 4.74 Å². The van der Waals surface area contributed by atoms with Gasteiger partial charge in [-0.3, -0.25) is 10.1 Å². The Morgan fingerprint density at radius 1 is 1.31 bits per heavy atom. The second-order valence-electron chi connectivity index (χ2n) is 5.76. The van der Waals surface area contributed by atoms with Crippen LogP contribution in [0, 0.1) is 0 Å². The van der Waals surface area contributed by atoms with Gasteiger partial charge in [-0.05, 0) is 48.9 Å². The average molecular weight is 373 g/mol. The monoisotopic (exact) mass is 373 g/mol. The zero-order valence-electron chi connectivity index (χ0n) is 14.7. The summed E-state index contributed by atoms with van der Waals surface area (Å²) in [5, 5.41) is 23.6. The molecule has 3 rings (SSSR count). The molecule has 0 bridgehead atoms. The van der Waals surface area contributed by atoms with Gasteiger partial charge in [-0.1, -0.05) is 24.3 Å². The number of carbonyl (C=O) groups is 1. The highest BCUT2D eigenvalue weighted by atomic mass is 32.1. The van der Waals surface area contributed by atoms with Gasteiger partial charge in [0.2, 0.25) is 5.13 Å². The molecule has 26 heavy (non-hydrogen) atoms. The molecule has 0 saturated carbocycles. The minimum atomic E-state index is -0.263. The fraction of sp³-hybridized carbons (Fsp3) is 0.375. The maximum absolute atomic E-state index is 12.4. The average Bonchev–Trinajstić information content (AvgIpc) is 3.29. The number of anilines is 1. The summed E-state index contributed by atoms with van der Waals surface area (Å²) in [4.78, 5) is 12.4. The fourth-order valence-electron chi connectivity index (χ4n) is 2.20. The van der Waals surface area contributed by atoms with Crippen molar-refractivity contribution in [3.8, 4) is 5.75 Å². The molecular formula is C16H19N7O2S. The molecular weight excluding hydrogens is 354 g/mol. The minimum Gasteiger partial charge on any atom is -0.486 e. The van der Waals surface area contributed by atoms with Gasteiger partial charge in [0.15, 0.2) is 5.82 Å². The van der Waals surface area contributed by atoms with Gasteiger partial charge in [0.05, 0.1) is 6.04 Å². The van der Waals surface area contributed by atoms with Crippen LogP contribution in [0.2, 0.25) is 0 Å². The Bertz CT molecular complexity index is 890. The molecule has 9 nitrogen and oxygen atoms in total. The first kappa shape index (κ1) is 17.9. The van der Waals surface area contributed by atoms with Crippen molar-refractivity contribution in [3.05, 3.63) is 40.7 Å². The summed E-state index contributed by atoms with van der Waals surface area (Å²) in [5.41, 5.74) is 0.471. The Morgan fingerprint density at radius 3 is 2.88 bits per heavy atom. The quantitative estimate of drug-likeness (QED) is 0.678. The summed E-state index contributed by atoms with van der Waals surface area (Å²) in [5.74, 6) is 0.916. The number of benzene rings is 1. The first-order valence-corrected chi connectivity index (χ1v) is 9.01. The largest absolute Gasteiger partial charge is 0.486 e. The maximum Gasteiger partial charge on any atom is 0.257 e. The highest BCUT2D eigenvalue weighted by Gasteiger charge is 2.12. The van der Waals surface area contributed by atoms with Crippen molar-refractivity contribution in [3.63, 3.8) is 0 Å². The summed E-state index contributed by atoms with van der Waals surface area (Å²) in [6.45, 7) is 6.18. The van der Waals surface area contributed by atoms with Gasteiger partial charge >= 0.3 is 0 Å². The van der Waals surface area contributed by atoms with Crippen molar-refractivity contribution in [1.82, 2.24) is 30.4 Å². The van der Waals surface area contributed by atoms with Gasteiger partial charge in [0.25, 0.3) is 5.91 Å². The van der Waals surface area contributed by atoms with Gasteiger partial charge in [-0.2, -0.15) is 0 Å². The number of aromatic nitrogens is 6. The first-order chi connectivity index (χ1) is 12.6. The normalized spacial score (nSPS) is 10.9. The molecule has 1 N–H and O–H groups in total. The Morgan fingerprint density at radius 2 is 2.15 bits per heavy atom. The van der Waals surface area contributed by atoms with E-state index in [0.29, 0.717) is 22.3 Å². The Labute approximate surface area is 154 Å². The Hall–Kier alpha value is -2.88. The second-order valence-corrected chi connectivity index (χ2v) is 6.82.